The van der Waals surface area contributed by atoms with Crippen LogP contribution in [0.3, 0.4) is 0 Å². The van der Waals surface area contributed by atoms with Gasteiger partial charge < -0.3 is 10.1 Å². The number of hydrogen-bond donors (Lipinski definition) is 2. The predicted octanol–water partition coefficient (Wildman–Crippen LogP) is 2.98. The average Bonchev–Trinajstić information content (AvgIpc) is 2.59. The van der Waals surface area contributed by atoms with Crippen molar-refractivity contribution in [1.29, 1.82) is 0 Å². The summed E-state index contributed by atoms with van der Waals surface area (Å²) in [4.78, 5) is 24.3. The number of aryl methyl sites for hydroxylation is 1. The molecule has 1 aliphatic carbocycles. The number of amides is 2. The summed E-state index contributed by atoms with van der Waals surface area (Å²) in [6, 6.07) is 2.73. The first kappa shape index (κ1) is 21.5. The zero-order valence-electron chi connectivity index (χ0n) is 16.4. The number of anilines is 1. The Morgan fingerprint density at radius 3 is 2.48 bits per heavy atom. The number of benzene rings is 1. The van der Waals surface area contributed by atoms with Gasteiger partial charge in [-0.2, -0.15) is 0 Å². The van der Waals surface area contributed by atoms with E-state index in [1.165, 1.54) is 19.1 Å². The summed E-state index contributed by atoms with van der Waals surface area (Å²) in [5.74, 6) is -4.62. The molecular weight excluding hydrogens is 406 g/mol. The Balaban J connectivity index is 1.81. The number of sulfonamides is 1. The number of alkyl halides is 2. The van der Waals surface area contributed by atoms with Gasteiger partial charge in [0.25, 0.3) is 15.9 Å². The SMILES string of the molecule is Cc1cc2c(cc1S(=O)(=O)NC(=O)C1CCC(F)(F)CC1)O[C@@H](C(C)C)C(=O)N2. The molecule has 7 nitrogen and oxygen atoms in total. The van der Waals surface area contributed by atoms with Gasteiger partial charge in [-0.15, -0.1) is 0 Å². The number of nitrogens with one attached hydrogen (secondary N) is 2. The molecule has 1 atom stereocenters. The summed E-state index contributed by atoms with van der Waals surface area (Å²) in [5.41, 5.74) is 0.662. The standard InChI is InChI=1S/C19H24F2N2O5S/c1-10(2)16-18(25)22-13-8-11(3)15(9-14(13)28-16)29(26,27)23-17(24)12-4-6-19(20,21)7-5-12/h8-10,12,16H,4-7H2,1-3H3,(H,22,25)(H,23,24)/t16-/m0/s1. The molecule has 1 aromatic carbocycles. The average molecular weight is 430 g/mol. The van der Waals surface area contributed by atoms with Crippen molar-refractivity contribution in [1.82, 2.24) is 4.72 Å². The second-order valence-electron chi connectivity index (χ2n) is 7.99. The van der Waals surface area contributed by atoms with Crippen molar-refractivity contribution < 1.29 is 31.5 Å². The van der Waals surface area contributed by atoms with Crippen molar-refractivity contribution in [3.05, 3.63) is 17.7 Å². The van der Waals surface area contributed by atoms with E-state index in [9.17, 15) is 26.8 Å². The van der Waals surface area contributed by atoms with E-state index in [0.717, 1.165) is 0 Å². The van der Waals surface area contributed by atoms with Crippen LogP contribution in [0.25, 0.3) is 0 Å². The van der Waals surface area contributed by atoms with Gasteiger partial charge in [-0.3, -0.25) is 9.59 Å². The van der Waals surface area contributed by atoms with Gasteiger partial charge in [-0.1, -0.05) is 13.8 Å². The quantitative estimate of drug-likeness (QED) is 0.765. The molecule has 0 radical (unpaired) electrons. The summed E-state index contributed by atoms with van der Waals surface area (Å²) in [6.45, 7) is 5.13. The third kappa shape index (κ3) is 4.52. The van der Waals surface area contributed by atoms with Crippen molar-refractivity contribution in [2.45, 2.75) is 63.4 Å². The van der Waals surface area contributed by atoms with Crippen LogP contribution in [0.2, 0.25) is 0 Å². The topological polar surface area (TPSA) is 102 Å². The van der Waals surface area contributed by atoms with E-state index in [-0.39, 0.29) is 35.3 Å². The van der Waals surface area contributed by atoms with E-state index in [2.05, 4.69) is 5.32 Å². The molecule has 1 saturated carbocycles. The van der Waals surface area contributed by atoms with Gasteiger partial charge in [0.1, 0.15) is 5.75 Å². The van der Waals surface area contributed by atoms with E-state index in [4.69, 9.17) is 4.74 Å². The van der Waals surface area contributed by atoms with E-state index in [1.807, 2.05) is 4.72 Å². The molecule has 1 heterocycles. The molecule has 2 amide bonds. The van der Waals surface area contributed by atoms with Crippen LogP contribution in [-0.2, 0) is 19.6 Å². The number of fused-ring (bicyclic) bond motifs is 1. The molecule has 0 aromatic heterocycles. The lowest BCUT2D eigenvalue weighted by atomic mass is 9.86. The van der Waals surface area contributed by atoms with Gasteiger partial charge in [-0.05, 0) is 37.3 Å². The molecule has 1 fully saturated rings. The van der Waals surface area contributed by atoms with Crippen molar-refractivity contribution in [2.24, 2.45) is 11.8 Å². The number of hydrogen-bond acceptors (Lipinski definition) is 5. The molecule has 10 heteroatoms. The molecule has 0 spiro atoms. The Bertz CT molecular complexity index is 936. The lowest BCUT2D eigenvalue weighted by Crippen LogP contribution is -2.41. The van der Waals surface area contributed by atoms with Crippen molar-refractivity contribution in [2.75, 3.05) is 5.32 Å². The van der Waals surface area contributed by atoms with E-state index >= 15 is 0 Å². The Morgan fingerprint density at radius 1 is 1.28 bits per heavy atom. The third-order valence-corrected chi connectivity index (χ3v) is 6.75. The Hall–Kier alpha value is -2.23. The number of halogens is 2. The van der Waals surface area contributed by atoms with Crippen LogP contribution >= 0.6 is 0 Å². The second-order valence-corrected chi connectivity index (χ2v) is 9.64. The lowest BCUT2D eigenvalue weighted by Gasteiger charge is -2.29. The summed E-state index contributed by atoms with van der Waals surface area (Å²) < 4.78 is 59.8. The van der Waals surface area contributed by atoms with Gasteiger partial charge in [0.15, 0.2) is 6.10 Å². The first-order valence-electron chi connectivity index (χ1n) is 9.46. The molecule has 0 saturated heterocycles. The fraction of sp³-hybridized carbons (Fsp3) is 0.579. The smallest absolute Gasteiger partial charge is 0.265 e. The first-order valence-corrected chi connectivity index (χ1v) is 10.9. The predicted molar refractivity (Wildman–Crippen MR) is 101 cm³/mol. The molecule has 2 N–H and O–H groups in total. The number of carbonyl (C=O) groups excluding carboxylic acids is 2. The van der Waals surface area contributed by atoms with Gasteiger partial charge in [0, 0.05) is 24.8 Å². The highest BCUT2D eigenvalue weighted by molar-refractivity contribution is 7.90. The fourth-order valence-electron chi connectivity index (χ4n) is 3.56. The molecule has 2 aliphatic rings. The zero-order valence-corrected chi connectivity index (χ0v) is 17.2. The minimum atomic E-state index is -4.23. The normalized spacial score (nSPS) is 21.9. The highest BCUT2D eigenvalue weighted by atomic mass is 32.2. The molecule has 3 rings (SSSR count). The van der Waals surface area contributed by atoms with E-state index in [0.29, 0.717) is 11.3 Å². The Kier molecular flexibility index (Phi) is 5.59. The maximum absolute atomic E-state index is 13.3. The van der Waals surface area contributed by atoms with Gasteiger partial charge in [0.2, 0.25) is 11.8 Å². The number of carbonyl (C=O) groups is 2. The fourth-order valence-corrected chi connectivity index (χ4v) is 4.85. The van der Waals surface area contributed by atoms with Crippen LogP contribution in [0, 0.1) is 18.8 Å². The zero-order chi connectivity index (χ0) is 21.6. The van der Waals surface area contributed by atoms with Crippen LogP contribution in [0.15, 0.2) is 17.0 Å². The molecule has 29 heavy (non-hydrogen) atoms. The molecular formula is C19H24F2N2O5S. The van der Waals surface area contributed by atoms with Crippen LogP contribution in [0.5, 0.6) is 5.75 Å². The van der Waals surface area contributed by atoms with Gasteiger partial charge >= 0.3 is 0 Å². The number of ether oxygens (including phenoxy) is 1. The van der Waals surface area contributed by atoms with Crippen LogP contribution in [0.4, 0.5) is 14.5 Å². The van der Waals surface area contributed by atoms with Crippen molar-refractivity contribution >= 4 is 27.5 Å². The summed E-state index contributed by atoms with van der Waals surface area (Å²) in [7, 11) is -4.23. The molecule has 0 unspecified atom stereocenters. The second kappa shape index (κ2) is 7.55. The van der Waals surface area contributed by atoms with Crippen LogP contribution in [0.1, 0.15) is 45.1 Å². The summed E-state index contributed by atoms with van der Waals surface area (Å²) >= 11 is 0. The maximum Gasteiger partial charge on any atom is 0.265 e. The van der Waals surface area contributed by atoms with E-state index in [1.54, 1.807) is 13.8 Å². The molecule has 1 aliphatic heterocycles. The summed E-state index contributed by atoms with van der Waals surface area (Å²) in [6.07, 6.45) is -1.77. The van der Waals surface area contributed by atoms with Crippen molar-refractivity contribution in [3.63, 3.8) is 0 Å². The van der Waals surface area contributed by atoms with Crippen LogP contribution < -0.4 is 14.8 Å². The number of rotatable bonds is 4. The van der Waals surface area contributed by atoms with Gasteiger partial charge in [-0.25, -0.2) is 21.9 Å². The highest BCUT2D eigenvalue weighted by Crippen LogP contribution is 2.37. The third-order valence-electron chi connectivity index (χ3n) is 5.27. The lowest BCUT2D eigenvalue weighted by molar-refractivity contribution is -0.127. The van der Waals surface area contributed by atoms with Crippen molar-refractivity contribution in [3.8, 4) is 5.75 Å². The summed E-state index contributed by atoms with van der Waals surface area (Å²) in [5, 5.41) is 2.69. The first-order chi connectivity index (χ1) is 13.4. The van der Waals surface area contributed by atoms with E-state index < -0.39 is 46.7 Å². The van der Waals surface area contributed by atoms with Crippen LogP contribution in [-0.4, -0.2) is 32.3 Å². The minimum absolute atomic E-state index is 0.0667. The van der Waals surface area contributed by atoms with Gasteiger partial charge in [0.05, 0.1) is 10.6 Å². The molecule has 160 valence electrons. The molecule has 1 aromatic rings. The highest BCUT2D eigenvalue weighted by Gasteiger charge is 2.39. The Labute approximate surface area is 168 Å². The Morgan fingerprint density at radius 2 is 1.90 bits per heavy atom. The monoisotopic (exact) mass is 430 g/mol. The molecule has 0 bridgehead atoms. The maximum atomic E-state index is 13.3. The largest absolute Gasteiger partial charge is 0.478 e. The minimum Gasteiger partial charge on any atom is -0.478 e.